The molecule has 1 aliphatic rings. The highest BCUT2D eigenvalue weighted by molar-refractivity contribution is 4.58. The van der Waals surface area contributed by atoms with Gasteiger partial charge in [0.15, 0.2) is 0 Å². The molecule has 0 radical (unpaired) electrons. The molecule has 0 saturated carbocycles. The molecular weight excluding hydrogens is 118 g/mol. The smallest absolute Gasteiger partial charge is 0.0781 e. The van der Waals surface area contributed by atoms with Crippen LogP contribution in [0.3, 0.4) is 0 Å². The number of ether oxygens (including phenoxy) is 1. The van der Waals surface area contributed by atoms with Crippen molar-refractivity contribution in [3.8, 4) is 0 Å². The molecule has 2 heterocycles. The minimum Gasteiger partial charge on any atom is -0.373 e. The first-order chi connectivity index (χ1) is 4.39. The average Bonchev–Trinajstić information content (AvgIpc) is 2.52. The maximum absolute atomic E-state index is 4.71. The van der Waals surface area contributed by atoms with Crippen molar-refractivity contribution in [3.05, 3.63) is 12.4 Å². The van der Waals surface area contributed by atoms with Crippen LogP contribution in [0.4, 0.5) is 0 Å². The second-order valence-electron chi connectivity index (χ2n) is 1.80. The molecule has 1 saturated heterocycles. The number of H-pyrrole nitrogens is 1. The predicted molar refractivity (Wildman–Crippen MR) is 31.8 cm³/mol. The quantitative estimate of drug-likeness (QED) is 0.507. The van der Waals surface area contributed by atoms with Gasteiger partial charge in [-0.2, -0.15) is 15.4 Å². The molecule has 0 amide bonds. The summed E-state index contributed by atoms with van der Waals surface area (Å²) in [6, 6.07) is 0. The summed E-state index contributed by atoms with van der Waals surface area (Å²) in [5.74, 6) is 0. The van der Waals surface area contributed by atoms with Gasteiger partial charge < -0.3 is 4.74 Å². The summed E-state index contributed by atoms with van der Waals surface area (Å²) in [4.78, 5) is 0. The van der Waals surface area contributed by atoms with Crippen molar-refractivity contribution < 1.29 is 4.74 Å². The molecule has 1 aromatic heterocycles. The number of aromatic nitrogens is 3. The van der Waals surface area contributed by atoms with Crippen LogP contribution in [-0.4, -0.2) is 28.1 Å². The Morgan fingerprint density at radius 2 is 2.00 bits per heavy atom. The third-order valence-corrected chi connectivity index (χ3v) is 0.831. The molecule has 0 spiro atoms. The van der Waals surface area contributed by atoms with Gasteiger partial charge in [0.2, 0.25) is 0 Å². The first kappa shape index (κ1) is 6.22. The molecule has 1 atom stereocenters. The molecule has 2 rings (SSSR count). The normalized spacial score (nSPS) is 22.1. The molecule has 0 aliphatic carbocycles. The first-order valence-corrected chi connectivity index (χ1v) is 2.81. The Labute approximate surface area is 53.2 Å². The Morgan fingerprint density at radius 1 is 1.56 bits per heavy atom. The summed E-state index contributed by atoms with van der Waals surface area (Å²) in [5.41, 5.74) is 0. The fourth-order valence-electron chi connectivity index (χ4n) is 0.263. The van der Waals surface area contributed by atoms with Crippen molar-refractivity contribution in [2.75, 3.05) is 6.61 Å². The minimum atomic E-state index is 0.583. The van der Waals surface area contributed by atoms with Gasteiger partial charge in [-0.1, -0.05) is 0 Å². The van der Waals surface area contributed by atoms with Gasteiger partial charge in [-0.3, -0.25) is 0 Å². The molecule has 50 valence electrons. The molecule has 0 aromatic carbocycles. The number of aromatic amines is 1. The maximum atomic E-state index is 4.71. The summed E-state index contributed by atoms with van der Waals surface area (Å²) in [6.45, 7) is 3.04. The van der Waals surface area contributed by atoms with Gasteiger partial charge in [-0.05, 0) is 6.92 Å². The van der Waals surface area contributed by atoms with Gasteiger partial charge in [0.1, 0.15) is 0 Å². The number of hydrogen-bond acceptors (Lipinski definition) is 3. The van der Waals surface area contributed by atoms with E-state index in [1.165, 1.54) is 0 Å². The lowest BCUT2D eigenvalue weighted by Crippen LogP contribution is -1.61. The Hall–Kier alpha value is -0.900. The molecule has 4 nitrogen and oxygen atoms in total. The topological polar surface area (TPSA) is 54.1 Å². The summed E-state index contributed by atoms with van der Waals surface area (Å²) >= 11 is 0. The van der Waals surface area contributed by atoms with E-state index in [4.69, 9.17) is 4.74 Å². The number of nitrogens with zero attached hydrogens (tertiary/aromatic N) is 2. The fourth-order valence-corrected chi connectivity index (χ4v) is 0.263. The zero-order valence-electron chi connectivity index (χ0n) is 5.24. The highest BCUT2D eigenvalue weighted by atomic mass is 16.6. The van der Waals surface area contributed by atoms with Crippen molar-refractivity contribution in [2.45, 2.75) is 13.0 Å². The third kappa shape index (κ3) is 3.66. The zero-order valence-corrected chi connectivity index (χ0v) is 5.24. The summed E-state index contributed by atoms with van der Waals surface area (Å²) < 4.78 is 4.71. The molecule has 1 N–H and O–H groups in total. The van der Waals surface area contributed by atoms with Crippen LogP contribution >= 0.6 is 0 Å². The molecule has 1 aliphatic heterocycles. The molecule has 0 bridgehead atoms. The Kier molecular flexibility index (Phi) is 2.21. The number of hydrogen-bond donors (Lipinski definition) is 1. The van der Waals surface area contributed by atoms with E-state index in [9.17, 15) is 0 Å². The van der Waals surface area contributed by atoms with Crippen LogP contribution in [0.1, 0.15) is 6.92 Å². The van der Waals surface area contributed by atoms with Gasteiger partial charge in [0.25, 0.3) is 0 Å². The van der Waals surface area contributed by atoms with Crippen LogP contribution in [-0.2, 0) is 4.74 Å². The van der Waals surface area contributed by atoms with E-state index in [1.54, 1.807) is 12.4 Å². The Balaban J connectivity index is 0.0000000922. The molecule has 1 fully saturated rings. The van der Waals surface area contributed by atoms with E-state index in [-0.39, 0.29) is 0 Å². The largest absolute Gasteiger partial charge is 0.373 e. The van der Waals surface area contributed by atoms with Crippen molar-refractivity contribution in [2.24, 2.45) is 0 Å². The van der Waals surface area contributed by atoms with E-state index in [1.807, 2.05) is 0 Å². The van der Waals surface area contributed by atoms with Gasteiger partial charge in [-0.15, -0.1) is 0 Å². The first-order valence-electron chi connectivity index (χ1n) is 2.81. The van der Waals surface area contributed by atoms with Crippen LogP contribution in [0.25, 0.3) is 0 Å². The maximum Gasteiger partial charge on any atom is 0.0781 e. The van der Waals surface area contributed by atoms with E-state index in [0.717, 1.165) is 6.61 Å². The van der Waals surface area contributed by atoms with Crippen LogP contribution < -0.4 is 0 Å². The van der Waals surface area contributed by atoms with Crippen molar-refractivity contribution in [1.29, 1.82) is 0 Å². The lowest BCUT2D eigenvalue weighted by molar-refractivity contribution is 0.423. The minimum absolute atomic E-state index is 0.583. The highest BCUT2D eigenvalue weighted by Gasteiger charge is 2.13. The average molecular weight is 127 g/mol. The van der Waals surface area contributed by atoms with E-state index in [0.29, 0.717) is 6.10 Å². The van der Waals surface area contributed by atoms with Crippen molar-refractivity contribution in [3.63, 3.8) is 0 Å². The number of epoxide rings is 1. The SMILES string of the molecule is CC1CO1.c1cn[nH]n1. The van der Waals surface area contributed by atoms with Crippen LogP contribution in [0.15, 0.2) is 12.4 Å². The Morgan fingerprint density at radius 3 is 2.11 bits per heavy atom. The molecule has 1 aromatic rings. The number of rotatable bonds is 0. The molecular formula is C5H9N3O. The number of nitrogens with one attached hydrogen (secondary N) is 1. The lowest BCUT2D eigenvalue weighted by atomic mass is 10.6. The summed E-state index contributed by atoms with van der Waals surface area (Å²) in [7, 11) is 0. The second kappa shape index (κ2) is 3.19. The standard InChI is InChI=1S/C3H6O.C2H3N3/c1-3-2-4-3;1-2-4-5-3-1/h3H,2H2,1H3;1-2H,(H,3,4,5). The summed E-state index contributed by atoms with van der Waals surface area (Å²) in [6.07, 6.45) is 3.75. The molecule has 4 heteroatoms. The van der Waals surface area contributed by atoms with Crippen molar-refractivity contribution in [1.82, 2.24) is 15.4 Å². The molecule has 9 heavy (non-hydrogen) atoms. The van der Waals surface area contributed by atoms with Crippen LogP contribution in [0, 0.1) is 0 Å². The van der Waals surface area contributed by atoms with E-state index in [2.05, 4.69) is 22.3 Å². The Bertz CT molecular complexity index is 119. The highest BCUT2D eigenvalue weighted by Crippen LogP contribution is 2.04. The second-order valence-corrected chi connectivity index (χ2v) is 1.80. The van der Waals surface area contributed by atoms with Gasteiger partial charge >= 0.3 is 0 Å². The molecule has 1 unspecified atom stereocenters. The summed E-state index contributed by atoms with van der Waals surface area (Å²) in [5, 5.41) is 9.33. The van der Waals surface area contributed by atoms with Gasteiger partial charge in [0.05, 0.1) is 25.1 Å². The zero-order chi connectivity index (χ0) is 6.53. The lowest BCUT2D eigenvalue weighted by Gasteiger charge is -1.50. The van der Waals surface area contributed by atoms with Crippen LogP contribution in [0.5, 0.6) is 0 Å². The van der Waals surface area contributed by atoms with Gasteiger partial charge in [0, 0.05) is 0 Å². The predicted octanol–water partition coefficient (Wildman–Crippen LogP) is 0.210. The van der Waals surface area contributed by atoms with Gasteiger partial charge in [-0.25, -0.2) is 0 Å². The van der Waals surface area contributed by atoms with E-state index >= 15 is 0 Å². The van der Waals surface area contributed by atoms with Crippen molar-refractivity contribution >= 4 is 0 Å². The van der Waals surface area contributed by atoms with Crippen LogP contribution in [0.2, 0.25) is 0 Å². The fraction of sp³-hybridized carbons (Fsp3) is 0.600. The van der Waals surface area contributed by atoms with E-state index < -0.39 is 0 Å². The monoisotopic (exact) mass is 127 g/mol. The third-order valence-electron chi connectivity index (χ3n) is 0.831.